The Bertz CT molecular complexity index is 517. The van der Waals surface area contributed by atoms with Crippen molar-refractivity contribution in [3.05, 3.63) is 11.7 Å². The number of nitrogens with zero attached hydrogens (tertiary/aromatic N) is 2. The average molecular weight is 321 g/mol. The van der Waals surface area contributed by atoms with Crippen molar-refractivity contribution in [1.82, 2.24) is 15.5 Å². The maximum atomic E-state index is 12.2. The first-order chi connectivity index (χ1) is 11.2. The molecule has 0 radical (unpaired) electrons. The van der Waals surface area contributed by atoms with Gasteiger partial charge in [-0.1, -0.05) is 43.7 Å². The lowest BCUT2D eigenvalue weighted by Crippen LogP contribution is -2.53. The third-order valence-corrected chi connectivity index (χ3v) is 5.31. The Morgan fingerprint density at radius 1 is 1.22 bits per heavy atom. The van der Waals surface area contributed by atoms with E-state index in [0.29, 0.717) is 18.3 Å². The highest BCUT2D eigenvalue weighted by atomic mass is 16.5. The summed E-state index contributed by atoms with van der Waals surface area (Å²) in [7, 11) is 1.45. The van der Waals surface area contributed by atoms with Crippen LogP contribution < -0.4 is 5.32 Å². The van der Waals surface area contributed by atoms with Gasteiger partial charge >= 0.3 is 5.97 Å². The lowest BCUT2D eigenvalue weighted by molar-refractivity contribution is -0.150. The molecule has 0 atom stereocenters. The summed E-state index contributed by atoms with van der Waals surface area (Å²) < 4.78 is 10.5. The van der Waals surface area contributed by atoms with Crippen molar-refractivity contribution in [3.63, 3.8) is 0 Å². The molecule has 128 valence electrons. The number of hydrogen-bond donors (Lipinski definition) is 1. The summed E-state index contributed by atoms with van der Waals surface area (Å²) in [6.07, 6.45) is 11.0. The molecule has 1 aromatic heterocycles. The van der Waals surface area contributed by atoms with Crippen LogP contribution in [0.25, 0.3) is 0 Å². The van der Waals surface area contributed by atoms with E-state index in [2.05, 4.69) is 15.5 Å². The van der Waals surface area contributed by atoms with Crippen molar-refractivity contribution < 1.29 is 14.1 Å². The van der Waals surface area contributed by atoms with Crippen LogP contribution in [-0.2, 0) is 16.1 Å². The largest absolute Gasteiger partial charge is 0.468 e. The summed E-state index contributed by atoms with van der Waals surface area (Å²) in [5, 5.41) is 7.45. The van der Waals surface area contributed by atoms with Gasteiger partial charge in [-0.2, -0.15) is 4.98 Å². The number of carbonyl (C=O) groups excluding carboxylic acids is 1. The Morgan fingerprint density at radius 2 is 1.91 bits per heavy atom. The van der Waals surface area contributed by atoms with Gasteiger partial charge in [0.15, 0.2) is 5.82 Å². The van der Waals surface area contributed by atoms with Crippen molar-refractivity contribution in [3.8, 4) is 0 Å². The monoisotopic (exact) mass is 321 g/mol. The Hall–Kier alpha value is -1.43. The van der Waals surface area contributed by atoms with Gasteiger partial charge in [0.1, 0.15) is 5.54 Å². The van der Waals surface area contributed by atoms with E-state index in [0.717, 1.165) is 44.4 Å². The van der Waals surface area contributed by atoms with E-state index in [-0.39, 0.29) is 5.97 Å². The second kappa shape index (κ2) is 7.43. The number of nitrogens with one attached hydrogen (secondary N) is 1. The van der Waals surface area contributed by atoms with Gasteiger partial charge in [-0.3, -0.25) is 10.1 Å². The first-order valence-electron chi connectivity index (χ1n) is 8.89. The zero-order valence-corrected chi connectivity index (χ0v) is 14.0. The zero-order chi connectivity index (χ0) is 16.1. The summed E-state index contributed by atoms with van der Waals surface area (Å²) >= 11 is 0. The second-order valence-corrected chi connectivity index (χ2v) is 6.87. The fourth-order valence-electron chi connectivity index (χ4n) is 3.91. The van der Waals surface area contributed by atoms with Gasteiger partial charge in [-0.25, -0.2) is 0 Å². The molecule has 1 N–H and O–H groups in total. The third kappa shape index (κ3) is 3.74. The van der Waals surface area contributed by atoms with Gasteiger partial charge in [0.25, 0.3) is 0 Å². The van der Waals surface area contributed by atoms with Crippen LogP contribution in [0.3, 0.4) is 0 Å². The van der Waals surface area contributed by atoms with E-state index in [1.807, 2.05) is 0 Å². The lowest BCUT2D eigenvalue weighted by atomic mass is 9.81. The summed E-state index contributed by atoms with van der Waals surface area (Å²) in [4.78, 5) is 16.8. The highest BCUT2D eigenvalue weighted by Crippen LogP contribution is 2.32. The minimum Gasteiger partial charge on any atom is -0.468 e. The molecule has 0 aromatic carbocycles. The fourth-order valence-corrected chi connectivity index (χ4v) is 3.91. The van der Waals surface area contributed by atoms with Crippen LogP contribution in [0.2, 0.25) is 0 Å². The Balaban J connectivity index is 1.62. The van der Waals surface area contributed by atoms with Gasteiger partial charge in [0.2, 0.25) is 5.89 Å². The van der Waals surface area contributed by atoms with Crippen LogP contribution >= 0.6 is 0 Å². The van der Waals surface area contributed by atoms with E-state index in [1.54, 1.807) is 0 Å². The molecule has 2 aliphatic carbocycles. The van der Waals surface area contributed by atoms with Gasteiger partial charge in [-0.15, -0.1) is 0 Å². The van der Waals surface area contributed by atoms with Crippen molar-refractivity contribution in [2.24, 2.45) is 0 Å². The van der Waals surface area contributed by atoms with Gasteiger partial charge in [0.05, 0.1) is 13.7 Å². The molecule has 3 rings (SSSR count). The van der Waals surface area contributed by atoms with Crippen LogP contribution in [0.15, 0.2) is 4.52 Å². The SMILES string of the molecule is COC(=O)C1(NCc2noc(C3CCCCC3)n2)CCCCC1. The molecule has 2 saturated carbocycles. The van der Waals surface area contributed by atoms with Gasteiger partial charge < -0.3 is 9.26 Å². The van der Waals surface area contributed by atoms with Crippen molar-refractivity contribution in [1.29, 1.82) is 0 Å². The Morgan fingerprint density at radius 3 is 2.61 bits per heavy atom. The maximum Gasteiger partial charge on any atom is 0.326 e. The lowest BCUT2D eigenvalue weighted by Gasteiger charge is -2.35. The van der Waals surface area contributed by atoms with Crippen molar-refractivity contribution in [2.75, 3.05) is 7.11 Å². The number of methoxy groups -OCH3 is 1. The average Bonchev–Trinajstić information content (AvgIpc) is 3.10. The minimum absolute atomic E-state index is 0.173. The molecule has 0 saturated heterocycles. The number of hydrogen-bond acceptors (Lipinski definition) is 6. The zero-order valence-electron chi connectivity index (χ0n) is 14.0. The number of aromatic nitrogens is 2. The van der Waals surface area contributed by atoms with Gasteiger partial charge in [0, 0.05) is 5.92 Å². The van der Waals surface area contributed by atoms with E-state index in [4.69, 9.17) is 9.26 Å². The summed E-state index contributed by atoms with van der Waals surface area (Å²) in [5.74, 6) is 1.64. The van der Waals surface area contributed by atoms with Crippen LogP contribution in [0, 0.1) is 0 Å². The second-order valence-electron chi connectivity index (χ2n) is 6.87. The van der Waals surface area contributed by atoms with E-state index >= 15 is 0 Å². The molecule has 0 unspecified atom stereocenters. The summed E-state index contributed by atoms with van der Waals surface area (Å²) in [6, 6.07) is 0. The van der Waals surface area contributed by atoms with Crippen LogP contribution in [0.5, 0.6) is 0 Å². The quantitative estimate of drug-likeness (QED) is 0.840. The molecule has 1 heterocycles. The predicted molar refractivity (Wildman–Crippen MR) is 84.8 cm³/mol. The molecule has 23 heavy (non-hydrogen) atoms. The molecular weight excluding hydrogens is 294 g/mol. The highest BCUT2D eigenvalue weighted by molar-refractivity contribution is 5.80. The molecule has 0 amide bonds. The van der Waals surface area contributed by atoms with Crippen LogP contribution in [0.1, 0.15) is 81.8 Å². The number of ether oxygens (including phenoxy) is 1. The maximum absolute atomic E-state index is 12.2. The summed E-state index contributed by atoms with van der Waals surface area (Å²) in [6.45, 7) is 0.450. The van der Waals surface area contributed by atoms with Crippen LogP contribution in [-0.4, -0.2) is 28.8 Å². The molecule has 0 aliphatic heterocycles. The van der Waals surface area contributed by atoms with Crippen molar-refractivity contribution >= 4 is 5.97 Å². The molecule has 2 aliphatic rings. The minimum atomic E-state index is -0.585. The predicted octanol–water partition coefficient (Wildman–Crippen LogP) is 3.08. The number of rotatable bonds is 5. The standard InChI is InChI=1S/C17H27N3O3/c1-22-16(21)17(10-6-3-7-11-17)18-12-14-19-15(23-20-14)13-8-4-2-5-9-13/h13,18H,2-12H2,1H3. The topological polar surface area (TPSA) is 77.2 Å². The van der Waals surface area contributed by atoms with Crippen LogP contribution in [0.4, 0.5) is 0 Å². The normalized spacial score (nSPS) is 22.0. The molecule has 6 heteroatoms. The Labute approximate surface area is 137 Å². The molecular formula is C17H27N3O3. The molecule has 6 nitrogen and oxygen atoms in total. The highest BCUT2D eigenvalue weighted by Gasteiger charge is 2.40. The van der Waals surface area contributed by atoms with Gasteiger partial charge in [-0.05, 0) is 25.7 Å². The van der Waals surface area contributed by atoms with E-state index in [9.17, 15) is 4.79 Å². The number of carbonyl (C=O) groups is 1. The van der Waals surface area contributed by atoms with Crippen molar-refractivity contribution in [2.45, 2.75) is 82.2 Å². The Kier molecular flexibility index (Phi) is 5.30. The summed E-state index contributed by atoms with van der Waals surface area (Å²) in [5.41, 5.74) is -0.585. The molecule has 0 spiro atoms. The molecule has 0 bridgehead atoms. The van der Waals surface area contributed by atoms with E-state index < -0.39 is 5.54 Å². The first-order valence-corrected chi connectivity index (χ1v) is 8.89. The first kappa shape index (κ1) is 16.4. The third-order valence-electron chi connectivity index (χ3n) is 5.31. The number of esters is 1. The fraction of sp³-hybridized carbons (Fsp3) is 0.824. The van der Waals surface area contributed by atoms with E-state index in [1.165, 1.54) is 32.8 Å². The smallest absolute Gasteiger partial charge is 0.326 e. The molecule has 1 aromatic rings. The molecule has 2 fully saturated rings.